The summed E-state index contributed by atoms with van der Waals surface area (Å²) in [6.45, 7) is 3.14. The van der Waals surface area contributed by atoms with E-state index < -0.39 is 5.97 Å². The molecule has 1 N–H and O–H groups in total. The number of rotatable bonds is 10. The van der Waals surface area contributed by atoms with Gasteiger partial charge in [-0.15, -0.1) is 0 Å². The lowest BCUT2D eigenvalue weighted by Gasteiger charge is -2.17. The SMILES string of the molecule is COC(=O)c1ccnc(NCCCN(C)CCOc2ccccc2)n1. The molecule has 1 heterocycles. The van der Waals surface area contributed by atoms with E-state index in [1.165, 1.54) is 19.4 Å². The van der Waals surface area contributed by atoms with Crippen molar-refractivity contribution in [3.8, 4) is 5.75 Å². The first-order valence-corrected chi connectivity index (χ1v) is 8.20. The first kappa shape index (κ1) is 18.7. The van der Waals surface area contributed by atoms with Crippen LogP contribution in [0.5, 0.6) is 5.75 Å². The van der Waals surface area contributed by atoms with E-state index in [2.05, 4.69) is 32.0 Å². The van der Waals surface area contributed by atoms with Crippen LogP contribution in [0, 0.1) is 0 Å². The van der Waals surface area contributed by atoms with Gasteiger partial charge in [0.2, 0.25) is 5.95 Å². The third kappa shape index (κ3) is 6.76. The Labute approximate surface area is 148 Å². The van der Waals surface area contributed by atoms with Crippen LogP contribution < -0.4 is 10.1 Å². The number of aromatic nitrogens is 2. The van der Waals surface area contributed by atoms with E-state index in [4.69, 9.17) is 4.74 Å². The summed E-state index contributed by atoms with van der Waals surface area (Å²) in [6.07, 6.45) is 2.46. The number of anilines is 1. The Morgan fingerprint density at radius 1 is 1.20 bits per heavy atom. The summed E-state index contributed by atoms with van der Waals surface area (Å²) < 4.78 is 10.3. The van der Waals surface area contributed by atoms with Gasteiger partial charge in [-0.05, 0) is 38.2 Å². The summed E-state index contributed by atoms with van der Waals surface area (Å²) in [5, 5.41) is 3.11. The Morgan fingerprint density at radius 3 is 2.76 bits per heavy atom. The molecule has 0 atom stereocenters. The second-order valence-electron chi connectivity index (χ2n) is 5.50. The fourth-order valence-corrected chi connectivity index (χ4v) is 2.16. The number of esters is 1. The molecule has 0 saturated carbocycles. The highest BCUT2D eigenvalue weighted by molar-refractivity contribution is 5.87. The van der Waals surface area contributed by atoms with Gasteiger partial charge in [-0.3, -0.25) is 0 Å². The molecule has 0 radical (unpaired) electrons. The summed E-state index contributed by atoms with van der Waals surface area (Å²) in [7, 11) is 3.39. The molecule has 0 aliphatic rings. The monoisotopic (exact) mass is 344 g/mol. The number of nitrogens with one attached hydrogen (secondary N) is 1. The van der Waals surface area contributed by atoms with Gasteiger partial charge >= 0.3 is 5.97 Å². The van der Waals surface area contributed by atoms with Crippen LogP contribution in [-0.2, 0) is 4.74 Å². The Bertz CT molecular complexity index is 652. The number of carbonyl (C=O) groups excluding carboxylic acids is 1. The van der Waals surface area contributed by atoms with Gasteiger partial charge in [0, 0.05) is 19.3 Å². The lowest BCUT2D eigenvalue weighted by atomic mass is 10.3. The van der Waals surface area contributed by atoms with Crippen LogP contribution >= 0.6 is 0 Å². The molecule has 0 saturated heterocycles. The van der Waals surface area contributed by atoms with Crippen LogP contribution in [-0.4, -0.2) is 61.2 Å². The van der Waals surface area contributed by atoms with Crippen molar-refractivity contribution in [2.45, 2.75) is 6.42 Å². The van der Waals surface area contributed by atoms with Gasteiger partial charge in [-0.1, -0.05) is 18.2 Å². The minimum absolute atomic E-state index is 0.246. The molecule has 0 aliphatic carbocycles. The van der Waals surface area contributed by atoms with E-state index in [1.807, 2.05) is 30.3 Å². The topological polar surface area (TPSA) is 76.6 Å². The second kappa shape index (κ2) is 10.2. The standard InChI is InChI=1S/C18H24N4O3/c1-22(13-14-25-15-7-4-3-5-8-15)12-6-10-19-18-20-11-9-16(21-18)17(23)24-2/h3-5,7-9,11H,6,10,12-14H2,1-2H3,(H,19,20,21). The predicted octanol–water partition coefficient (Wildman–Crippen LogP) is 2.08. The van der Waals surface area contributed by atoms with Crippen molar-refractivity contribution in [1.29, 1.82) is 0 Å². The van der Waals surface area contributed by atoms with Gasteiger partial charge in [0.15, 0.2) is 5.69 Å². The van der Waals surface area contributed by atoms with Gasteiger partial charge in [0.05, 0.1) is 7.11 Å². The summed E-state index contributed by atoms with van der Waals surface area (Å²) in [6, 6.07) is 11.3. The molecule has 134 valence electrons. The van der Waals surface area contributed by atoms with E-state index in [0.717, 1.165) is 25.3 Å². The van der Waals surface area contributed by atoms with Crippen molar-refractivity contribution in [2.24, 2.45) is 0 Å². The number of hydrogen-bond acceptors (Lipinski definition) is 7. The van der Waals surface area contributed by atoms with Gasteiger partial charge in [0.25, 0.3) is 0 Å². The van der Waals surface area contributed by atoms with Crippen LogP contribution in [0.25, 0.3) is 0 Å². The fourth-order valence-electron chi connectivity index (χ4n) is 2.16. The third-order valence-electron chi connectivity index (χ3n) is 3.53. The average Bonchev–Trinajstić information content (AvgIpc) is 2.65. The maximum Gasteiger partial charge on any atom is 0.356 e. The van der Waals surface area contributed by atoms with Crippen LogP contribution in [0.3, 0.4) is 0 Å². The maximum absolute atomic E-state index is 11.4. The molecule has 2 aromatic rings. The van der Waals surface area contributed by atoms with Gasteiger partial charge < -0.3 is 19.7 Å². The lowest BCUT2D eigenvalue weighted by Crippen LogP contribution is -2.26. The maximum atomic E-state index is 11.4. The Balaban J connectivity index is 1.61. The minimum atomic E-state index is -0.469. The Kier molecular flexibility index (Phi) is 7.65. The molecule has 0 unspecified atom stereocenters. The van der Waals surface area contributed by atoms with Gasteiger partial charge in [-0.2, -0.15) is 0 Å². The van der Waals surface area contributed by atoms with Crippen molar-refractivity contribution in [3.05, 3.63) is 48.3 Å². The van der Waals surface area contributed by atoms with Crippen molar-refractivity contribution in [1.82, 2.24) is 14.9 Å². The van der Waals surface area contributed by atoms with E-state index in [1.54, 1.807) is 0 Å². The molecule has 7 nitrogen and oxygen atoms in total. The van der Waals surface area contributed by atoms with Gasteiger partial charge in [0.1, 0.15) is 12.4 Å². The number of para-hydroxylation sites is 1. The van der Waals surface area contributed by atoms with E-state index in [0.29, 0.717) is 19.1 Å². The fraction of sp³-hybridized carbons (Fsp3) is 0.389. The molecule has 25 heavy (non-hydrogen) atoms. The minimum Gasteiger partial charge on any atom is -0.492 e. The first-order chi connectivity index (χ1) is 12.2. The molecule has 0 aliphatic heterocycles. The summed E-state index contributed by atoms with van der Waals surface area (Å²) in [5.41, 5.74) is 0.246. The van der Waals surface area contributed by atoms with E-state index in [9.17, 15) is 4.79 Å². The highest BCUT2D eigenvalue weighted by Gasteiger charge is 2.08. The summed E-state index contributed by atoms with van der Waals surface area (Å²) in [5.74, 6) is 0.849. The third-order valence-corrected chi connectivity index (χ3v) is 3.53. The number of carbonyl (C=O) groups is 1. The molecule has 0 fully saturated rings. The van der Waals surface area contributed by atoms with E-state index >= 15 is 0 Å². The van der Waals surface area contributed by atoms with Crippen molar-refractivity contribution >= 4 is 11.9 Å². The van der Waals surface area contributed by atoms with Crippen LogP contribution in [0.2, 0.25) is 0 Å². The summed E-state index contributed by atoms with van der Waals surface area (Å²) in [4.78, 5) is 21.8. The van der Waals surface area contributed by atoms with Crippen molar-refractivity contribution < 1.29 is 14.3 Å². The number of benzene rings is 1. The molecule has 7 heteroatoms. The number of likely N-dealkylation sites (N-methyl/N-ethyl adjacent to an activating group) is 1. The zero-order valence-electron chi connectivity index (χ0n) is 14.6. The quantitative estimate of drug-likeness (QED) is 0.522. The molecule has 1 aromatic heterocycles. The molecule has 1 aromatic carbocycles. The largest absolute Gasteiger partial charge is 0.492 e. The molecule has 0 amide bonds. The normalized spacial score (nSPS) is 10.5. The zero-order chi connectivity index (χ0) is 17.9. The molecule has 2 rings (SSSR count). The van der Waals surface area contributed by atoms with Crippen LogP contribution in [0.1, 0.15) is 16.9 Å². The van der Waals surface area contributed by atoms with Crippen LogP contribution in [0.15, 0.2) is 42.6 Å². The number of methoxy groups -OCH3 is 1. The smallest absolute Gasteiger partial charge is 0.356 e. The van der Waals surface area contributed by atoms with Crippen LogP contribution in [0.4, 0.5) is 5.95 Å². The van der Waals surface area contributed by atoms with Crippen molar-refractivity contribution in [2.75, 3.05) is 45.7 Å². The average molecular weight is 344 g/mol. The predicted molar refractivity (Wildman–Crippen MR) is 95.9 cm³/mol. The number of ether oxygens (including phenoxy) is 2. The highest BCUT2D eigenvalue weighted by atomic mass is 16.5. The second-order valence-corrected chi connectivity index (χ2v) is 5.50. The zero-order valence-corrected chi connectivity index (χ0v) is 14.6. The number of hydrogen-bond donors (Lipinski definition) is 1. The molecular weight excluding hydrogens is 320 g/mol. The van der Waals surface area contributed by atoms with Crippen molar-refractivity contribution in [3.63, 3.8) is 0 Å². The van der Waals surface area contributed by atoms with Gasteiger partial charge in [-0.25, -0.2) is 14.8 Å². The Morgan fingerprint density at radius 2 is 2.00 bits per heavy atom. The lowest BCUT2D eigenvalue weighted by molar-refractivity contribution is 0.0594. The number of nitrogens with zero attached hydrogens (tertiary/aromatic N) is 3. The first-order valence-electron chi connectivity index (χ1n) is 8.20. The summed E-state index contributed by atoms with van der Waals surface area (Å²) >= 11 is 0. The van der Waals surface area contributed by atoms with E-state index in [-0.39, 0.29) is 5.69 Å². The molecular formula is C18H24N4O3. The molecule has 0 bridgehead atoms. The molecule has 0 spiro atoms. The Hall–Kier alpha value is -2.67. The highest BCUT2D eigenvalue weighted by Crippen LogP contribution is 2.08.